The Balaban J connectivity index is 1.84. The van der Waals surface area contributed by atoms with Crippen LogP contribution < -0.4 is 5.32 Å². The van der Waals surface area contributed by atoms with Crippen molar-refractivity contribution in [1.29, 1.82) is 0 Å². The van der Waals surface area contributed by atoms with E-state index >= 15 is 0 Å². The van der Waals surface area contributed by atoms with Gasteiger partial charge in [0.05, 0.1) is 12.5 Å². The van der Waals surface area contributed by atoms with Gasteiger partial charge in [-0.3, -0.25) is 9.69 Å². The van der Waals surface area contributed by atoms with Gasteiger partial charge in [0.25, 0.3) is 0 Å². The van der Waals surface area contributed by atoms with Gasteiger partial charge in [-0.05, 0) is 38.4 Å². The number of rotatable bonds is 4. The van der Waals surface area contributed by atoms with Crippen molar-refractivity contribution in [3.63, 3.8) is 0 Å². The third-order valence-electron chi connectivity index (χ3n) is 3.51. The summed E-state index contributed by atoms with van der Waals surface area (Å²) in [6, 6.07) is 3.75. The molecule has 2 rings (SSSR count). The van der Waals surface area contributed by atoms with E-state index in [4.69, 9.17) is 4.42 Å². The van der Waals surface area contributed by atoms with Crippen molar-refractivity contribution >= 4 is 5.91 Å². The lowest BCUT2D eigenvalue weighted by molar-refractivity contribution is -0.141. The third kappa shape index (κ3) is 5.08. The Hall–Kier alpha value is -1.50. The topological polar surface area (TPSA) is 45.5 Å². The second-order valence-corrected chi connectivity index (χ2v) is 5.42. The van der Waals surface area contributed by atoms with Crippen molar-refractivity contribution < 1.29 is 22.4 Å². The van der Waals surface area contributed by atoms with Crippen molar-refractivity contribution in [3.05, 3.63) is 23.7 Å². The number of furan rings is 1. The van der Waals surface area contributed by atoms with Crippen LogP contribution in [0.5, 0.6) is 0 Å². The average molecular weight is 304 g/mol. The highest BCUT2D eigenvalue weighted by atomic mass is 19.4. The summed E-state index contributed by atoms with van der Waals surface area (Å²) in [5.41, 5.74) is 0. The maximum atomic E-state index is 12.1. The van der Waals surface area contributed by atoms with E-state index in [1.54, 1.807) is 0 Å². The van der Waals surface area contributed by atoms with Crippen LogP contribution in [0.4, 0.5) is 13.2 Å². The van der Waals surface area contributed by atoms with Crippen LogP contribution >= 0.6 is 0 Å². The number of aryl methyl sites for hydroxylation is 1. The number of alkyl halides is 3. The summed E-state index contributed by atoms with van der Waals surface area (Å²) >= 11 is 0. The Morgan fingerprint density at radius 3 is 2.86 bits per heavy atom. The molecule has 2 heterocycles. The molecule has 0 bridgehead atoms. The molecule has 21 heavy (non-hydrogen) atoms. The van der Waals surface area contributed by atoms with Gasteiger partial charge < -0.3 is 9.73 Å². The first-order valence-electron chi connectivity index (χ1n) is 6.95. The summed E-state index contributed by atoms with van der Waals surface area (Å²) < 4.78 is 41.8. The van der Waals surface area contributed by atoms with Crippen molar-refractivity contribution in [2.45, 2.75) is 32.5 Å². The fourth-order valence-corrected chi connectivity index (χ4v) is 2.54. The van der Waals surface area contributed by atoms with Crippen molar-refractivity contribution in [2.24, 2.45) is 5.92 Å². The Morgan fingerprint density at radius 1 is 1.48 bits per heavy atom. The summed E-state index contributed by atoms with van der Waals surface area (Å²) in [7, 11) is 0. The van der Waals surface area contributed by atoms with E-state index in [0.29, 0.717) is 19.5 Å². The summed E-state index contributed by atoms with van der Waals surface area (Å²) in [4.78, 5) is 13.8. The number of amides is 1. The van der Waals surface area contributed by atoms with E-state index in [1.807, 2.05) is 29.3 Å². The molecule has 1 aromatic heterocycles. The molecule has 0 aromatic carbocycles. The van der Waals surface area contributed by atoms with Gasteiger partial charge in [0.15, 0.2) is 0 Å². The van der Waals surface area contributed by atoms with Gasteiger partial charge in [0, 0.05) is 6.54 Å². The first kappa shape index (κ1) is 15.9. The number of carbonyl (C=O) groups is 1. The number of carbonyl (C=O) groups excluding carboxylic acids is 1. The molecule has 1 unspecified atom stereocenters. The standard InChI is InChI=1S/C14H19F3N2O2/c1-10-4-5-12(21-10)8-19-6-2-3-11(7-19)13(20)18-9-14(15,16)17/h4-5,11H,2-3,6-9H2,1H3,(H,18,20). The quantitative estimate of drug-likeness (QED) is 0.929. The minimum atomic E-state index is -4.37. The van der Waals surface area contributed by atoms with E-state index in [0.717, 1.165) is 24.5 Å². The Morgan fingerprint density at radius 2 is 2.24 bits per heavy atom. The van der Waals surface area contributed by atoms with Gasteiger partial charge in [-0.15, -0.1) is 0 Å². The van der Waals surface area contributed by atoms with E-state index < -0.39 is 24.5 Å². The van der Waals surface area contributed by atoms with Gasteiger partial charge in [-0.2, -0.15) is 13.2 Å². The number of nitrogens with one attached hydrogen (secondary N) is 1. The molecule has 0 saturated carbocycles. The van der Waals surface area contributed by atoms with Crippen LogP contribution in [0.25, 0.3) is 0 Å². The fraction of sp³-hybridized carbons (Fsp3) is 0.643. The summed E-state index contributed by atoms with van der Waals surface area (Å²) in [6.45, 7) is 2.45. The lowest BCUT2D eigenvalue weighted by Crippen LogP contribution is -2.44. The number of piperidine rings is 1. The summed E-state index contributed by atoms with van der Waals surface area (Å²) in [5, 5.41) is 1.97. The van der Waals surface area contributed by atoms with Gasteiger partial charge in [0.2, 0.25) is 5.91 Å². The number of likely N-dealkylation sites (tertiary alicyclic amines) is 1. The predicted octanol–water partition coefficient (Wildman–Crippen LogP) is 2.48. The number of halogens is 3. The Labute approximate surface area is 121 Å². The highest BCUT2D eigenvalue weighted by Gasteiger charge is 2.31. The molecule has 118 valence electrons. The molecule has 1 aliphatic heterocycles. The van der Waals surface area contributed by atoms with Gasteiger partial charge in [0.1, 0.15) is 18.1 Å². The zero-order valence-electron chi connectivity index (χ0n) is 11.9. The van der Waals surface area contributed by atoms with Gasteiger partial charge in [-0.25, -0.2) is 0 Å². The Kier molecular flexibility index (Phi) is 4.92. The first-order valence-corrected chi connectivity index (χ1v) is 6.95. The number of hydrogen-bond acceptors (Lipinski definition) is 3. The van der Waals surface area contributed by atoms with Crippen molar-refractivity contribution in [3.8, 4) is 0 Å². The molecule has 1 N–H and O–H groups in total. The zero-order chi connectivity index (χ0) is 15.5. The van der Waals surface area contributed by atoms with Crippen LogP contribution in [0.15, 0.2) is 16.5 Å². The van der Waals surface area contributed by atoms with Crippen LogP contribution in [0, 0.1) is 12.8 Å². The molecule has 7 heteroatoms. The molecule has 1 aromatic rings. The molecule has 1 amide bonds. The van der Waals surface area contributed by atoms with Crippen LogP contribution in [0.1, 0.15) is 24.4 Å². The smallest absolute Gasteiger partial charge is 0.405 e. The monoisotopic (exact) mass is 304 g/mol. The molecule has 1 atom stereocenters. The van der Waals surface area contributed by atoms with Gasteiger partial charge in [-0.1, -0.05) is 0 Å². The molecule has 0 radical (unpaired) electrons. The minimum absolute atomic E-state index is 0.392. The average Bonchev–Trinajstić information content (AvgIpc) is 2.81. The maximum absolute atomic E-state index is 12.1. The molecule has 0 spiro atoms. The fourth-order valence-electron chi connectivity index (χ4n) is 2.54. The zero-order valence-corrected chi connectivity index (χ0v) is 11.9. The minimum Gasteiger partial charge on any atom is -0.465 e. The van der Waals surface area contributed by atoms with E-state index in [-0.39, 0.29) is 0 Å². The molecule has 0 aliphatic carbocycles. The molecular formula is C14H19F3N2O2. The highest BCUT2D eigenvalue weighted by Crippen LogP contribution is 2.20. The largest absolute Gasteiger partial charge is 0.465 e. The number of nitrogens with zero attached hydrogens (tertiary/aromatic N) is 1. The predicted molar refractivity (Wildman–Crippen MR) is 70.5 cm³/mol. The second-order valence-electron chi connectivity index (χ2n) is 5.42. The summed E-state index contributed by atoms with van der Waals surface area (Å²) in [5.74, 6) is 0.718. The highest BCUT2D eigenvalue weighted by molar-refractivity contribution is 5.79. The normalized spacial score (nSPS) is 20.5. The van der Waals surface area contributed by atoms with Crippen LogP contribution in [-0.2, 0) is 11.3 Å². The molecule has 1 aliphatic rings. The van der Waals surface area contributed by atoms with E-state index in [9.17, 15) is 18.0 Å². The molecule has 1 saturated heterocycles. The van der Waals surface area contributed by atoms with E-state index in [1.165, 1.54) is 0 Å². The lowest BCUT2D eigenvalue weighted by atomic mass is 9.97. The Bertz CT molecular complexity index is 485. The van der Waals surface area contributed by atoms with E-state index in [2.05, 4.69) is 0 Å². The van der Waals surface area contributed by atoms with Crippen molar-refractivity contribution in [2.75, 3.05) is 19.6 Å². The van der Waals surface area contributed by atoms with Crippen molar-refractivity contribution in [1.82, 2.24) is 10.2 Å². The molecule has 4 nitrogen and oxygen atoms in total. The number of hydrogen-bond donors (Lipinski definition) is 1. The third-order valence-corrected chi connectivity index (χ3v) is 3.51. The first-order chi connectivity index (χ1) is 9.83. The molecular weight excluding hydrogens is 285 g/mol. The molecule has 1 fully saturated rings. The van der Waals surface area contributed by atoms with Crippen LogP contribution in [0.2, 0.25) is 0 Å². The van der Waals surface area contributed by atoms with Crippen LogP contribution in [-0.4, -0.2) is 36.6 Å². The lowest BCUT2D eigenvalue weighted by Gasteiger charge is -2.31. The van der Waals surface area contributed by atoms with Gasteiger partial charge >= 0.3 is 6.18 Å². The summed E-state index contributed by atoms with van der Waals surface area (Å²) in [6.07, 6.45) is -2.95. The van der Waals surface area contributed by atoms with Crippen LogP contribution in [0.3, 0.4) is 0 Å². The maximum Gasteiger partial charge on any atom is 0.405 e. The SMILES string of the molecule is Cc1ccc(CN2CCCC(C(=O)NCC(F)(F)F)C2)o1. The second kappa shape index (κ2) is 6.51.